The van der Waals surface area contributed by atoms with Crippen LogP contribution in [0.1, 0.15) is 0 Å². The summed E-state index contributed by atoms with van der Waals surface area (Å²) in [6.45, 7) is 0. The molecular weight excluding hydrogens is 414 g/mol. The van der Waals surface area contributed by atoms with E-state index in [2.05, 4.69) is 9.37 Å². The fraction of sp³-hybridized carbons (Fsp3) is 0. The molecule has 0 aliphatic rings. The predicted molar refractivity (Wildman–Crippen MR) is 60.3 cm³/mol. The molecule has 2 rings (SSSR count). The van der Waals surface area contributed by atoms with Crippen molar-refractivity contribution >= 4 is 28.5 Å². The molecule has 0 bridgehead atoms. The molecule has 5 nitrogen and oxygen atoms in total. The van der Waals surface area contributed by atoms with Crippen molar-refractivity contribution in [2.45, 2.75) is 4.90 Å². The van der Waals surface area contributed by atoms with Crippen LogP contribution in [-0.4, -0.2) is 10.4 Å². The second-order valence-corrected chi connectivity index (χ2v) is 3.88. The van der Waals surface area contributed by atoms with Crippen LogP contribution in [0.2, 0.25) is 0 Å². The van der Waals surface area contributed by atoms with E-state index >= 15 is 0 Å². The monoisotopic (exact) mass is 422 g/mol. The van der Waals surface area contributed by atoms with Crippen LogP contribution in [0.25, 0.3) is 16.5 Å². The summed E-state index contributed by atoms with van der Waals surface area (Å²) in [5.74, 6) is 0.0848. The van der Waals surface area contributed by atoms with Crippen molar-refractivity contribution in [3.8, 4) is 5.75 Å². The molecule has 0 saturated heterocycles. The van der Waals surface area contributed by atoms with E-state index in [0.717, 1.165) is 17.4 Å². The van der Waals surface area contributed by atoms with E-state index in [0.29, 0.717) is 16.0 Å². The summed E-state index contributed by atoms with van der Waals surface area (Å²) in [5, 5.41) is 22.6. The molecule has 0 heterocycles. The summed E-state index contributed by atoms with van der Waals surface area (Å²) in [4.78, 5) is 0.560. The third-order valence-electron chi connectivity index (χ3n) is 2.06. The molecule has 2 aromatic carbocycles. The summed E-state index contributed by atoms with van der Waals surface area (Å²) in [6.07, 6.45) is 0. The summed E-state index contributed by atoms with van der Waals surface area (Å²) >= 11 is 0.762. The van der Waals surface area contributed by atoms with E-state index in [1.807, 2.05) is 0 Å². The van der Waals surface area contributed by atoms with Gasteiger partial charge in [-0.25, -0.2) is 5.26 Å². The number of benzene rings is 2. The van der Waals surface area contributed by atoms with Gasteiger partial charge in [-0.1, -0.05) is 23.2 Å². The van der Waals surface area contributed by atoms with Gasteiger partial charge in [0.05, 0.1) is 12.0 Å². The van der Waals surface area contributed by atoms with Crippen molar-refractivity contribution < 1.29 is 40.8 Å². The van der Waals surface area contributed by atoms with Gasteiger partial charge in [0.25, 0.3) is 0 Å². The second kappa shape index (κ2) is 6.23. The predicted octanol–water partition coefficient (Wildman–Crippen LogP) is 3.65. The normalized spacial score (nSPS) is 10.2. The Morgan fingerprint density at radius 2 is 1.94 bits per heavy atom. The first-order chi connectivity index (χ1) is 7.70. The Bertz CT molecular complexity index is 523. The van der Waals surface area contributed by atoms with Crippen molar-refractivity contribution in [3.05, 3.63) is 36.1 Å². The van der Waals surface area contributed by atoms with E-state index < -0.39 is 0 Å². The van der Waals surface area contributed by atoms with Crippen LogP contribution < -0.4 is 0 Å². The minimum atomic E-state index is 0. The van der Waals surface area contributed by atoms with Crippen LogP contribution in [0.4, 0.5) is 5.69 Å². The Kier molecular flexibility index (Phi) is 5.24. The zero-order valence-electron chi connectivity index (χ0n) is 8.41. The zero-order valence-corrected chi connectivity index (χ0v) is 12.2. The van der Waals surface area contributed by atoms with Crippen molar-refractivity contribution in [2.24, 2.45) is 0 Å². The Morgan fingerprint density at radius 3 is 2.65 bits per heavy atom. The molecule has 0 amide bonds. The van der Waals surface area contributed by atoms with Crippen molar-refractivity contribution in [3.63, 3.8) is 0 Å². The molecule has 7 heteroatoms. The van der Waals surface area contributed by atoms with E-state index in [1.165, 1.54) is 6.07 Å². The van der Waals surface area contributed by atoms with Crippen LogP contribution >= 0.6 is 12.0 Å². The number of aromatic hydroxyl groups is 1. The van der Waals surface area contributed by atoms with Gasteiger partial charge in [-0.2, -0.15) is 0 Å². The molecule has 3 N–H and O–H groups in total. The number of hydrogen-bond acceptors (Lipinski definition) is 5. The molecule has 0 spiro atoms. The minimum absolute atomic E-state index is 0. The SMILES string of the molecule is [NH-]c1ccc2c(O)cc(SOOO)cc2c1.[W]. The van der Waals surface area contributed by atoms with Crippen LogP contribution in [0.3, 0.4) is 0 Å². The number of fused-ring (bicyclic) bond motifs is 1. The standard InChI is InChI=1S/C10H8NO4S.W/c11-7-1-2-9-6(3-7)4-8(5-10(9)12)16-15-14-13;/h1-5,11-13H;/q-1;. The molecule has 0 aromatic heterocycles. The average molecular weight is 422 g/mol. The topological polar surface area (TPSA) is 82.7 Å². The number of phenolic OH excluding ortho intramolecular Hbond substituents is 1. The summed E-state index contributed by atoms with van der Waals surface area (Å²) in [6, 6.07) is 8.10. The smallest absolute Gasteiger partial charge is 0.124 e. The van der Waals surface area contributed by atoms with Crippen molar-refractivity contribution in [1.82, 2.24) is 0 Å². The van der Waals surface area contributed by atoms with Gasteiger partial charge in [0, 0.05) is 31.3 Å². The quantitative estimate of drug-likeness (QED) is 0.449. The van der Waals surface area contributed by atoms with Crippen LogP contribution in [0.5, 0.6) is 5.75 Å². The number of nitrogens with one attached hydrogen (secondary N) is 1. The maximum atomic E-state index is 9.71. The van der Waals surface area contributed by atoms with Crippen molar-refractivity contribution in [2.75, 3.05) is 0 Å². The molecule has 0 aliphatic heterocycles. The summed E-state index contributed by atoms with van der Waals surface area (Å²) in [7, 11) is 0. The molecule has 0 aliphatic carbocycles. The largest absolute Gasteiger partial charge is 0.699 e. The summed E-state index contributed by atoms with van der Waals surface area (Å²) in [5.41, 5.74) is 7.83. The fourth-order valence-electron chi connectivity index (χ4n) is 1.43. The first-order valence-electron chi connectivity index (χ1n) is 4.34. The Balaban J connectivity index is 0.00000144. The van der Waals surface area contributed by atoms with Gasteiger partial charge in [0.15, 0.2) is 0 Å². The van der Waals surface area contributed by atoms with Crippen molar-refractivity contribution in [1.29, 1.82) is 0 Å². The first-order valence-corrected chi connectivity index (χ1v) is 5.08. The molecule has 0 unspecified atom stereocenters. The molecule has 0 fully saturated rings. The molecule has 0 atom stereocenters. The van der Waals surface area contributed by atoms with E-state index in [-0.39, 0.29) is 26.8 Å². The molecular formula is C10H8NO4SW-. The fourth-order valence-corrected chi connectivity index (χ4v) is 1.87. The van der Waals surface area contributed by atoms with Crippen LogP contribution in [0.15, 0.2) is 35.2 Å². The van der Waals surface area contributed by atoms with E-state index in [4.69, 9.17) is 11.0 Å². The molecule has 0 saturated carbocycles. The van der Waals surface area contributed by atoms with E-state index in [1.54, 1.807) is 24.3 Å². The first kappa shape index (κ1) is 14.3. The van der Waals surface area contributed by atoms with E-state index in [9.17, 15) is 5.11 Å². The van der Waals surface area contributed by atoms with Gasteiger partial charge >= 0.3 is 0 Å². The maximum absolute atomic E-state index is 9.71. The number of hydrogen-bond donors (Lipinski definition) is 2. The van der Waals surface area contributed by atoms with Gasteiger partial charge < -0.3 is 10.8 Å². The second-order valence-electron chi connectivity index (χ2n) is 3.10. The summed E-state index contributed by atoms with van der Waals surface area (Å²) < 4.78 is 4.27. The van der Waals surface area contributed by atoms with Gasteiger partial charge in [-0.05, 0) is 17.5 Å². The maximum Gasteiger partial charge on any atom is 0.124 e. The molecule has 90 valence electrons. The average Bonchev–Trinajstić information content (AvgIpc) is 2.25. The Morgan fingerprint density at radius 1 is 1.18 bits per heavy atom. The van der Waals surface area contributed by atoms with Crippen LogP contribution in [-0.2, 0) is 30.4 Å². The molecule has 0 radical (unpaired) electrons. The molecule has 2 aromatic rings. The van der Waals surface area contributed by atoms with Crippen LogP contribution in [0, 0.1) is 0 Å². The van der Waals surface area contributed by atoms with Gasteiger partial charge in [-0.3, -0.25) is 0 Å². The molecule has 17 heavy (non-hydrogen) atoms. The Labute approximate surface area is 116 Å². The number of phenols is 1. The minimum Gasteiger partial charge on any atom is -0.699 e. The third kappa shape index (κ3) is 3.34. The Hall–Kier alpha value is -0.782. The van der Waals surface area contributed by atoms with Gasteiger partial charge in [0.2, 0.25) is 0 Å². The van der Waals surface area contributed by atoms with Gasteiger partial charge in [0.1, 0.15) is 5.75 Å². The van der Waals surface area contributed by atoms with Gasteiger partial charge in [-0.15, -0.1) is 10.0 Å². The third-order valence-corrected chi connectivity index (χ3v) is 2.62. The zero-order chi connectivity index (χ0) is 11.5. The number of rotatable bonds is 3.